The Morgan fingerprint density at radius 3 is 2.69 bits per heavy atom. The van der Waals surface area contributed by atoms with Gasteiger partial charge in [-0.05, 0) is 29.6 Å². The molecule has 3 heteroatoms. The molecule has 1 radical (unpaired) electrons. The van der Waals surface area contributed by atoms with Crippen molar-refractivity contribution in [1.29, 1.82) is 0 Å². The van der Waals surface area contributed by atoms with E-state index >= 15 is 0 Å². The second-order valence-corrected chi connectivity index (χ2v) is 5.22. The van der Waals surface area contributed by atoms with Crippen LogP contribution in [-0.2, 0) is 0 Å². The summed E-state index contributed by atoms with van der Waals surface area (Å²) in [4.78, 5) is 1.24. The molecule has 13 heavy (non-hydrogen) atoms. The third-order valence-electron chi connectivity index (χ3n) is 1.66. The quantitative estimate of drug-likeness (QED) is 0.713. The van der Waals surface area contributed by atoms with Gasteiger partial charge in [-0.25, -0.2) is 0 Å². The predicted molar refractivity (Wildman–Crippen MR) is 64.0 cm³/mol. The van der Waals surface area contributed by atoms with Crippen LogP contribution < -0.4 is 0 Å². The molecule has 65 valence electrons. The van der Waals surface area contributed by atoms with Crippen molar-refractivity contribution >= 4 is 43.2 Å². The molecule has 0 nitrogen and oxygen atoms in total. The van der Waals surface area contributed by atoms with E-state index in [9.17, 15) is 0 Å². The van der Waals surface area contributed by atoms with Crippen molar-refractivity contribution in [2.24, 2.45) is 0 Å². The van der Waals surface area contributed by atoms with Crippen molar-refractivity contribution in [2.75, 3.05) is 0 Å². The van der Waals surface area contributed by atoms with Gasteiger partial charge in [-0.3, -0.25) is 0 Å². The van der Waals surface area contributed by atoms with Crippen LogP contribution in [0.5, 0.6) is 0 Å². The minimum atomic E-state index is 1.09. The Balaban J connectivity index is 2.53. The molecule has 0 spiro atoms. The first-order valence-corrected chi connectivity index (χ1v) is 6.14. The lowest BCUT2D eigenvalue weighted by Crippen LogP contribution is -1.74. The SMILES string of the molecule is Brc1ccc(-c2c[c]cs2)c(Br)c1. The zero-order chi connectivity index (χ0) is 9.26. The van der Waals surface area contributed by atoms with Crippen LogP contribution in [-0.4, -0.2) is 0 Å². The zero-order valence-electron chi connectivity index (χ0n) is 6.55. The van der Waals surface area contributed by atoms with E-state index in [1.165, 1.54) is 10.4 Å². The van der Waals surface area contributed by atoms with Crippen molar-refractivity contribution < 1.29 is 0 Å². The van der Waals surface area contributed by atoms with Crippen LogP contribution >= 0.6 is 43.2 Å². The molecule has 0 aliphatic rings. The second kappa shape index (κ2) is 3.95. The first-order valence-electron chi connectivity index (χ1n) is 3.67. The van der Waals surface area contributed by atoms with Gasteiger partial charge in [0, 0.05) is 19.4 Å². The first kappa shape index (κ1) is 9.44. The molecule has 0 aliphatic carbocycles. The fourth-order valence-corrected chi connectivity index (χ4v) is 3.17. The fraction of sp³-hybridized carbons (Fsp3) is 0. The molecule has 0 saturated heterocycles. The highest BCUT2D eigenvalue weighted by Crippen LogP contribution is 2.33. The van der Waals surface area contributed by atoms with E-state index in [4.69, 9.17) is 0 Å². The summed E-state index contributed by atoms with van der Waals surface area (Å²) in [5.74, 6) is 0. The zero-order valence-corrected chi connectivity index (χ0v) is 10.5. The van der Waals surface area contributed by atoms with Crippen molar-refractivity contribution in [3.63, 3.8) is 0 Å². The highest BCUT2D eigenvalue weighted by atomic mass is 79.9. The lowest BCUT2D eigenvalue weighted by atomic mass is 10.2. The van der Waals surface area contributed by atoms with Crippen molar-refractivity contribution in [3.05, 3.63) is 44.7 Å². The normalized spacial score (nSPS) is 10.3. The molecular weight excluding hydrogens is 312 g/mol. The van der Waals surface area contributed by atoms with Gasteiger partial charge in [0.2, 0.25) is 0 Å². The van der Waals surface area contributed by atoms with E-state index in [2.05, 4.69) is 50.1 Å². The smallest absolute Gasteiger partial charge is 0.0360 e. The summed E-state index contributed by atoms with van der Waals surface area (Å²) in [5, 5.41) is 1.96. The Hall–Kier alpha value is -0.120. The second-order valence-electron chi connectivity index (χ2n) is 2.54. The number of hydrogen-bond donors (Lipinski definition) is 0. The van der Waals surface area contributed by atoms with Gasteiger partial charge in [-0.1, -0.05) is 37.9 Å². The summed E-state index contributed by atoms with van der Waals surface area (Å²) in [6.07, 6.45) is 0. The Kier molecular flexibility index (Phi) is 2.86. The average Bonchev–Trinajstić information content (AvgIpc) is 2.56. The monoisotopic (exact) mass is 315 g/mol. The Morgan fingerprint density at radius 2 is 2.08 bits per heavy atom. The molecule has 2 rings (SSSR count). The topological polar surface area (TPSA) is 0 Å². The standard InChI is InChI=1S/C10H5Br2S/c11-7-3-4-8(9(12)6-7)10-2-1-5-13-10/h2-6H. The van der Waals surface area contributed by atoms with Gasteiger partial charge in [-0.2, -0.15) is 0 Å². The minimum absolute atomic E-state index is 1.09. The maximum atomic E-state index is 3.53. The average molecular weight is 317 g/mol. The summed E-state index contributed by atoms with van der Waals surface area (Å²) >= 11 is 8.65. The molecule has 0 unspecified atom stereocenters. The molecule has 0 aliphatic heterocycles. The van der Waals surface area contributed by atoms with E-state index in [0.29, 0.717) is 0 Å². The van der Waals surface area contributed by atoms with Crippen LogP contribution in [0.2, 0.25) is 0 Å². The van der Waals surface area contributed by atoms with Gasteiger partial charge < -0.3 is 0 Å². The molecule has 0 bridgehead atoms. The lowest BCUT2D eigenvalue weighted by Gasteiger charge is -2.01. The first-order chi connectivity index (χ1) is 6.27. The Labute approximate surface area is 97.9 Å². The van der Waals surface area contributed by atoms with E-state index in [0.717, 1.165) is 8.95 Å². The van der Waals surface area contributed by atoms with Gasteiger partial charge in [0.1, 0.15) is 0 Å². The van der Waals surface area contributed by atoms with Gasteiger partial charge in [-0.15, -0.1) is 11.3 Å². The lowest BCUT2D eigenvalue weighted by molar-refractivity contribution is 1.60. The molecule has 1 aromatic carbocycles. The predicted octanol–water partition coefficient (Wildman–Crippen LogP) is 4.74. The maximum Gasteiger partial charge on any atom is 0.0360 e. The van der Waals surface area contributed by atoms with E-state index in [1.807, 2.05) is 17.5 Å². The van der Waals surface area contributed by atoms with Crippen LogP contribution in [0.4, 0.5) is 0 Å². The van der Waals surface area contributed by atoms with Crippen molar-refractivity contribution in [1.82, 2.24) is 0 Å². The third kappa shape index (κ3) is 2.03. The Morgan fingerprint density at radius 1 is 1.23 bits per heavy atom. The summed E-state index contributed by atoms with van der Waals surface area (Å²) in [6, 6.07) is 11.2. The van der Waals surface area contributed by atoms with Crippen LogP contribution in [0.25, 0.3) is 10.4 Å². The molecule has 1 heterocycles. The number of rotatable bonds is 1. The summed E-state index contributed by atoms with van der Waals surface area (Å²) < 4.78 is 2.20. The van der Waals surface area contributed by atoms with Gasteiger partial charge in [0.25, 0.3) is 0 Å². The number of hydrogen-bond acceptors (Lipinski definition) is 1. The molecule has 2 aromatic rings. The molecule has 0 atom stereocenters. The minimum Gasteiger partial charge on any atom is -0.143 e. The van der Waals surface area contributed by atoms with Crippen LogP contribution in [0.1, 0.15) is 0 Å². The van der Waals surface area contributed by atoms with Gasteiger partial charge >= 0.3 is 0 Å². The van der Waals surface area contributed by atoms with Crippen LogP contribution in [0, 0.1) is 6.07 Å². The van der Waals surface area contributed by atoms with E-state index in [1.54, 1.807) is 11.3 Å². The number of benzene rings is 1. The van der Waals surface area contributed by atoms with Crippen molar-refractivity contribution in [3.8, 4) is 10.4 Å². The molecule has 0 N–H and O–H groups in total. The third-order valence-corrected chi connectivity index (χ3v) is 3.66. The highest BCUT2D eigenvalue weighted by Gasteiger charge is 2.03. The summed E-state index contributed by atoms with van der Waals surface area (Å²) in [7, 11) is 0. The maximum absolute atomic E-state index is 3.53. The van der Waals surface area contributed by atoms with Crippen molar-refractivity contribution in [2.45, 2.75) is 0 Å². The molecule has 0 fully saturated rings. The molecule has 1 aromatic heterocycles. The molecular formula is C10H5Br2S. The largest absolute Gasteiger partial charge is 0.143 e. The van der Waals surface area contributed by atoms with Crippen LogP contribution in [0.3, 0.4) is 0 Å². The number of thiophene rings is 1. The Bertz CT molecular complexity index is 407. The molecule has 0 saturated carbocycles. The summed E-state index contributed by atoms with van der Waals surface area (Å²) in [5.41, 5.74) is 1.22. The van der Waals surface area contributed by atoms with E-state index in [-0.39, 0.29) is 0 Å². The van der Waals surface area contributed by atoms with E-state index < -0.39 is 0 Å². The van der Waals surface area contributed by atoms with Crippen LogP contribution in [0.15, 0.2) is 38.6 Å². The summed E-state index contributed by atoms with van der Waals surface area (Å²) in [6.45, 7) is 0. The molecule has 0 amide bonds. The van der Waals surface area contributed by atoms with Gasteiger partial charge in [0.05, 0.1) is 0 Å². The van der Waals surface area contributed by atoms with Gasteiger partial charge in [0.15, 0.2) is 0 Å². The fourth-order valence-electron chi connectivity index (χ4n) is 1.07. The number of halogens is 2. The highest BCUT2D eigenvalue weighted by molar-refractivity contribution is 9.11.